The van der Waals surface area contributed by atoms with Gasteiger partial charge in [-0.1, -0.05) is 49.4 Å². The lowest BCUT2D eigenvalue weighted by Crippen LogP contribution is -2.51. The second-order valence-corrected chi connectivity index (χ2v) is 12.6. The molecule has 0 aromatic heterocycles. The van der Waals surface area contributed by atoms with Crippen LogP contribution in [0.4, 0.5) is 0 Å². The standard InChI is InChI=1S/C30H44O3/c1-28-14-6-7-15-30-17-13-23(31)19-25(30)26(32)18-22(20-30)24(28)10-11-27(28)29(2,33)16-12-21-8-4-3-5-9-21/h3-5,7-9,15,22-27,31-33H,6,10-14,16-20H2,1-2H3/b15-7+/t22-,23+,24+,25-,26+,27+,28+,29+,30-/m1/s1. The van der Waals surface area contributed by atoms with E-state index in [1.807, 2.05) is 0 Å². The van der Waals surface area contributed by atoms with Crippen molar-refractivity contribution in [2.24, 2.45) is 34.5 Å². The average molecular weight is 453 g/mol. The van der Waals surface area contributed by atoms with Crippen LogP contribution in [0.25, 0.3) is 0 Å². The van der Waals surface area contributed by atoms with Crippen molar-refractivity contribution in [1.29, 1.82) is 0 Å². The van der Waals surface area contributed by atoms with Crippen LogP contribution in [0.5, 0.6) is 0 Å². The summed E-state index contributed by atoms with van der Waals surface area (Å²) in [5, 5.41) is 33.4. The number of fused-ring (bicyclic) bond motifs is 3. The van der Waals surface area contributed by atoms with Gasteiger partial charge in [0.15, 0.2) is 0 Å². The van der Waals surface area contributed by atoms with E-state index in [4.69, 9.17) is 0 Å². The Morgan fingerprint density at radius 2 is 1.79 bits per heavy atom. The first-order valence-electron chi connectivity index (χ1n) is 13.5. The van der Waals surface area contributed by atoms with Gasteiger partial charge >= 0.3 is 0 Å². The van der Waals surface area contributed by atoms with E-state index in [1.54, 1.807) is 0 Å². The van der Waals surface area contributed by atoms with Gasteiger partial charge in [0, 0.05) is 0 Å². The van der Waals surface area contributed by atoms with E-state index < -0.39 is 5.60 Å². The van der Waals surface area contributed by atoms with Crippen LogP contribution < -0.4 is 0 Å². The quantitative estimate of drug-likeness (QED) is 0.516. The second kappa shape index (κ2) is 8.81. The lowest BCUT2D eigenvalue weighted by Gasteiger charge is -2.54. The van der Waals surface area contributed by atoms with Crippen LogP contribution in [0.1, 0.15) is 83.6 Å². The Balaban J connectivity index is 1.39. The molecule has 1 aromatic rings. The fourth-order valence-corrected chi connectivity index (χ4v) is 9.04. The molecule has 0 aliphatic heterocycles. The fraction of sp³-hybridized carbons (Fsp3) is 0.733. The van der Waals surface area contributed by atoms with Crippen molar-refractivity contribution in [2.45, 2.75) is 102 Å². The predicted molar refractivity (Wildman–Crippen MR) is 133 cm³/mol. The molecule has 3 heteroatoms. The Morgan fingerprint density at radius 1 is 1.00 bits per heavy atom. The van der Waals surface area contributed by atoms with Gasteiger partial charge in [-0.15, -0.1) is 0 Å². The highest BCUT2D eigenvalue weighted by Gasteiger charge is 2.58. The lowest BCUT2D eigenvalue weighted by molar-refractivity contribution is -0.109. The van der Waals surface area contributed by atoms with Gasteiger partial charge in [0.25, 0.3) is 0 Å². The summed E-state index contributed by atoms with van der Waals surface area (Å²) in [4.78, 5) is 0. The molecule has 182 valence electrons. The summed E-state index contributed by atoms with van der Waals surface area (Å²) in [5.74, 6) is 1.56. The number of hydrogen-bond donors (Lipinski definition) is 3. The fourth-order valence-electron chi connectivity index (χ4n) is 9.04. The highest BCUT2D eigenvalue weighted by atomic mass is 16.3. The van der Waals surface area contributed by atoms with E-state index in [9.17, 15) is 15.3 Å². The van der Waals surface area contributed by atoms with Crippen LogP contribution in [-0.4, -0.2) is 33.1 Å². The monoisotopic (exact) mass is 452 g/mol. The van der Waals surface area contributed by atoms with E-state index in [2.05, 4.69) is 56.3 Å². The highest BCUT2D eigenvalue weighted by Crippen LogP contribution is 2.63. The summed E-state index contributed by atoms with van der Waals surface area (Å²) in [6.45, 7) is 4.55. The summed E-state index contributed by atoms with van der Waals surface area (Å²) in [7, 11) is 0. The number of rotatable bonds is 4. The zero-order valence-corrected chi connectivity index (χ0v) is 20.6. The maximum atomic E-state index is 11.8. The van der Waals surface area contributed by atoms with Gasteiger partial charge in [0.1, 0.15) is 0 Å². The smallest absolute Gasteiger partial charge is 0.0656 e. The highest BCUT2D eigenvalue weighted by molar-refractivity contribution is 5.17. The molecule has 9 atom stereocenters. The first-order valence-corrected chi connectivity index (χ1v) is 13.5. The minimum atomic E-state index is -0.681. The molecule has 1 aromatic carbocycles. The van der Waals surface area contributed by atoms with Gasteiger partial charge in [-0.2, -0.15) is 0 Å². The molecule has 4 aliphatic carbocycles. The summed E-state index contributed by atoms with van der Waals surface area (Å²) >= 11 is 0. The lowest BCUT2D eigenvalue weighted by atomic mass is 9.52. The van der Waals surface area contributed by atoms with E-state index in [1.165, 1.54) is 12.0 Å². The SMILES string of the molecule is C[C@]12CC/C=C/[C@]34CC[C@H](O)C[C@@H]3[C@@H](O)C[C@H](C4)[C@@H]1CC[C@@H]2[C@@](C)(O)CCc1ccccc1. The summed E-state index contributed by atoms with van der Waals surface area (Å²) in [6, 6.07) is 10.6. The number of allylic oxidation sites excluding steroid dienone is 2. The van der Waals surface area contributed by atoms with Gasteiger partial charge in [0.05, 0.1) is 17.8 Å². The van der Waals surface area contributed by atoms with Crippen molar-refractivity contribution in [3.63, 3.8) is 0 Å². The molecule has 33 heavy (non-hydrogen) atoms. The molecule has 0 unspecified atom stereocenters. The molecule has 4 aliphatic rings. The Kier molecular flexibility index (Phi) is 6.29. The minimum Gasteiger partial charge on any atom is -0.393 e. The Morgan fingerprint density at radius 3 is 2.58 bits per heavy atom. The summed E-state index contributed by atoms with van der Waals surface area (Å²) < 4.78 is 0. The van der Waals surface area contributed by atoms with Crippen LogP contribution in [0.2, 0.25) is 0 Å². The molecule has 3 nitrogen and oxygen atoms in total. The molecule has 5 rings (SSSR count). The van der Waals surface area contributed by atoms with Gasteiger partial charge in [0.2, 0.25) is 0 Å². The predicted octanol–water partition coefficient (Wildman–Crippen LogP) is 5.67. The normalized spacial score (nSPS) is 45.6. The van der Waals surface area contributed by atoms with Gasteiger partial charge < -0.3 is 15.3 Å². The number of aliphatic hydroxyl groups excluding tert-OH is 2. The zero-order chi connectivity index (χ0) is 23.3. The van der Waals surface area contributed by atoms with E-state index in [-0.39, 0.29) is 29.0 Å². The van der Waals surface area contributed by atoms with Crippen LogP contribution >= 0.6 is 0 Å². The van der Waals surface area contributed by atoms with Crippen LogP contribution in [-0.2, 0) is 6.42 Å². The molecule has 3 N–H and O–H groups in total. The van der Waals surface area contributed by atoms with Crippen molar-refractivity contribution in [2.75, 3.05) is 0 Å². The largest absolute Gasteiger partial charge is 0.393 e. The topological polar surface area (TPSA) is 60.7 Å². The van der Waals surface area contributed by atoms with Crippen molar-refractivity contribution < 1.29 is 15.3 Å². The Bertz CT molecular complexity index is 847. The molecular formula is C30H44O3. The molecular weight excluding hydrogens is 408 g/mol. The third-order valence-electron chi connectivity index (χ3n) is 10.6. The van der Waals surface area contributed by atoms with E-state index >= 15 is 0 Å². The summed E-state index contributed by atoms with van der Waals surface area (Å²) in [6.07, 6.45) is 15.1. The third kappa shape index (κ3) is 4.23. The Labute approximate surface area is 200 Å². The molecule has 0 saturated heterocycles. The molecule has 2 bridgehead atoms. The molecule has 1 spiro atoms. The number of hydrogen-bond acceptors (Lipinski definition) is 3. The number of aliphatic hydroxyl groups is 3. The van der Waals surface area contributed by atoms with E-state index in [0.29, 0.717) is 17.8 Å². The number of aryl methyl sites for hydroxylation is 1. The van der Waals surface area contributed by atoms with Crippen LogP contribution in [0.3, 0.4) is 0 Å². The average Bonchev–Trinajstić information content (AvgIpc) is 3.16. The molecule has 3 fully saturated rings. The third-order valence-corrected chi connectivity index (χ3v) is 10.6. The van der Waals surface area contributed by atoms with Gasteiger partial charge in [-0.25, -0.2) is 0 Å². The van der Waals surface area contributed by atoms with E-state index in [0.717, 1.165) is 64.2 Å². The summed E-state index contributed by atoms with van der Waals surface area (Å²) in [5.41, 5.74) is 0.777. The van der Waals surface area contributed by atoms with Crippen LogP contribution in [0, 0.1) is 34.5 Å². The van der Waals surface area contributed by atoms with Crippen molar-refractivity contribution in [3.8, 4) is 0 Å². The first kappa shape index (κ1) is 23.6. The van der Waals surface area contributed by atoms with Gasteiger partial charge in [-0.3, -0.25) is 0 Å². The van der Waals surface area contributed by atoms with Crippen molar-refractivity contribution >= 4 is 0 Å². The molecule has 0 amide bonds. The number of benzene rings is 1. The first-order chi connectivity index (χ1) is 15.7. The van der Waals surface area contributed by atoms with Crippen LogP contribution in [0.15, 0.2) is 42.5 Å². The second-order valence-electron chi connectivity index (χ2n) is 12.6. The van der Waals surface area contributed by atoms with Crippen molar-refractivity contribution in [1.82, 2.24) is 0 Å². The minimum absolute atomic E-state index is 0.0563. The molecule has 0 radical (unpaired) electrons. The molecule has 3 saturated carbocycles. The van der Waals surface area contributed by atoms with Crippen molar-refractivity contribution in [3.05, 3.63) is 48.0 Å². The van der Waals surface area contributed by atoms with Gasteiger partial charge in [-0.05, 0) is 118 Å². The maximum Gasteiger partial charge on any atom is 0.0656 e. The maximum absolute atomic E-state index is 11.8. The zero-order valence-electron chi connectivity index (χ0n) is 20.6. The molecule has 0 heterocycles. The Hall–Kier alpha value is -1.16.